The minimum Gasteiger partial charge on any atom is -0.319 e. The second-order valence-corrected chi connectivity index (χ2v) is 4.66. The summed E-state index contributed by atoms with van der Waals surface area (Å²) in [6.07, 6.45) is 0.283. The molecule has 1 aromatic carbocycles. The van der Waals surface area contributed by atoms with E-state index < -0.39 is 0 Å². The Bertz CT molecular complexity index is 805. The maximum Gasteiger partial charge on any atom is 0.152 e. The van der Waals surface area contributed by atoms with Gasteiger partial charge < -0.3 is 9.13 Å². The van der Waals surface area contributed by atoms with E-state index in [1.807, 2.05) is 47.4 Å². The zero-order chi connectivity index (χ0) is 14.1. The van der Waals surface area contributed by atoms with Gasteiger partial charge in [0, 0.05) is 7.05 Å². The number of benzene rings is 1. The molecule has 100 valence electrons. The highest BCUT2D eigenvalue weighted by Gasteiger charge is 2.13. The number of para-hydroxylation sites is 2. The number of aromatic nitrogens is 5. The van der Waals surface area contributed by atoms with Crippen molar-refractivity contribution in [2.75, 3.05) is 0 Å². The van der Waals surface area contributed by atoms with Gasteiger partial charge in [-0.25, -0.2) is 4.98 Å². The molecule has 2 aromatic heterocycles. The van der Waals surface area contributed by atoms with Crippen LogP contribution in [0.1, 0.15) is 17.5 Å². The molecule has 0 bridgehead atoms. The molecule has 0 radical (unpaired) electrons. The Kier molecular flexibility index (Phi) is 2.95. The lowest BCUT2D eigenvalue weighted by Gasteiger charge is -2.07. The Labute approximate surface area is 116 Å². The van der Waals surface area contributed by atoms with Crippen LogP contribution in [-0.2, 0) is 20.0 Å². The van der Waals surface area contributed by atoms with Crippen molar-refractivity contribution >= 4 is 11.0 Å². The fourth-order valence-corrected chi connectivity index (χ4v) is 2.24. The lowest BCUT2D eigenvalue weighted by molar-refractivity contribution is 0.682. The molecule has 3 rings (SSSR count). The summed E-state index contributed by atoms with van der Waals surface area (Å²) in [6, 6.07) is 10.0. The number of hydrogen-bond acceptors (Lipinski definition) is 4. The van der Waals surface area contributed by atoms with E-state index in [-0.39, 0.29) is 6.42 Å². The monoisotopic (exact) mass is 266 g/mol. The van der Waals surface area contributed by atoms with Gasteiger partial charge in [0.2, 0.25) is 0 Å². The van der Waals surface area contributed by atoms with E-state index in [1.165, 1.54) is 0 Å². The molecule has 6 nitrogen and oxygen atoms in total. The van der Waals surface area contributed by atoms with Crippen molar-refractivity contribution in [3.8, 4) is 6.07 Å². The molecule has 0 N–H and O–H groups in total. The zero-order valence-electron chi connectivity index (χ0n) is 11.4. The Morgan fingerprint density at radius 3 is 2.70 bits per heavy atom. The lowest BCUT2D eigenvalue weighted by Crippen LogP contribution is -2.09. The van der Waals surface area contributed by atoms with E-state index in [0.717, 1.165) is 28.5 Å². The molecule has 0 amide bonds. The molecule has 0 saturated carbocycles. The van der Waals surface area contributed by atoms with Crippen molar-refractivity contribution in [3.63, 3.8) is 0 Å². The summed E-state index contributed by atoms with van der Waals surface area (Å²) in [5.74, 6) is 2.48. The maximum atomic E-state index is 8.96. The summed E-state index contributed by atoms with van der Waals surface area (Å²) in [4.78, 5) is 4.52. The molecular formula is C14H14N6. The Balaban J connectivity index is 2.11. The van der Waals surface area contributed by atoms with Crippen LogP contribution >= 0.6 is 0 Å². The molecule has 3 aromatic rings. The van der Waals surface area contributed by atoms with Gasteiger partial charge in [0.1, 0.15) is 11.6 Å². The highest BCUT2D eigenvalue weighted by Crippen LogP contribution is 2.17. The third-order valence-corrected chi connectivity index (χ3v) is 3.45. The molecule has 0 fully saturated rings. The van der Waals surface area contributed by atoms with Gasteiger partial charge in [-0.1, -0.05) is 12.1 Å². The number of nitriles is 1. The minimum absolute atomic E-state index is 0.283. The SMILES string of the molecule is Cc1nnc(Cn2c(CC#N)nc3ccccc32)n1C. The van der Waals surface area contributed by atoms with E-state index in [9.17, 15) is 0 Å². The quantitative estimate of drug-likeness (QED) is 0.721. The molecule has 0 aliphatic rings. The first-order chi connectivity index (χ1) is 9.70. The second kappa shape index (κ2) is 4.78. The van der Waals surface area contributed by atoms with Crippen molar-refractivity contribution in [2.24, 2.45) is 7.05 Å². The first kappa shape index (κ1) is 12.4. The van der Waals surface area contributed by atoms with Crippen LogP contribution in [0.4, 0.5) is 0 Å². The van der Waals surface area contributed by atoms with Crippen molar-refractivity contribution < 1.29 is 0 Å². The summed E-state index contributed by atoms with van der Waals surface area (Å²) in [5, 5.41) is 17.2. The van der Waals surface area contributed by atoms with Gasteiger partial charge >= 0.3 is 0 Å². The molecule has 20 heavy (non-hydrogen) atoms. The molecule has 0 unspecified atom stereocenters. The molecule has 0 aliphatic carbocycles. The largest absolute Gasteiger partial charge is 0.319 e. The van der Waals surface area contributed by atoms with Crippen LogP contribution in [0.2, 0.25) is 0 Å². The smallest absolute Gasteiger partial charge is 0.152 e. The zero-order valence-corrected chi connectivity index (χ0v) is 11.4. The van der Waals surface area contributed by atoms with Crippen LogP contribution in [0, 0.1) is 18.3 Å². The molecule has 0 atom stereocenters. The van der Waals surface area contributed by atoms with Crippen LogP contribution in [-0.4, -0.2) is 24.3 Å². The van der Waals surface area contributed by atoms with Gasteiger partial charge in [0.05, 0.1) is 30.1 Å². The summed E-state index contributed by atoms with van der Waals surface area (Å²) >= 11 is 0. The van der Waals surface area contributed by atoms with Crippen LogP contribution in [0.3, 0.4) is 0 Å². The molecular weight excluding hydrogens is 252 g/mol. The Morgan fingerprint density at radius 2 is 2.00 bits per heavy atom. The molecule has 0 saturated heterocycles. The maximum absolute atomic E-state index is 8.96. The third-order valence-electron chi connectivity index (χ3n) is 3.45. The van der Waals surface area contributed by atoms with E-state index in [4.69, 9.17) is 5.26 Å². The lowest BCUT2D eigenvalue weighted by atomic mass is 10.3. The number of rotatable bonds is 3. The third kappa shape index (κ3) is 1.93. The fraction of sp³-hybridized carbons (Fsp3) is 0.286. The molecule has 0 aliphatic heterocycles. The van der Waals surface area contributed by atoms with Crippen molar-refractivity contribution in [1.29, 1.82) is 5.26 Å². The summed E-state index contributed by atoms with van der Waals surface area (Å²) in [5.41, 5.74) is 1.91. The van der Waals surface area contributed by atoms with Crippen molar-refractivity contribution in [1.82, 2.24) is 24.3 Å². The second-order valence-electron chi connectivity index (χ2n) is 4.66. The average Bonchev–Trinajstić information content (AvgIpc) is 2.95. The first-order valence-electron chi connectivity index (χ1n) is 6.36. The van der Waals surface area contributed by atoms with Gasteiger partial charge in [0.25, 0.3) is 0 Å². The van der Waals surface area contributed by atoms with Crippen LogP contribution in [0.15, 0.2) is 24.3 Å². The van der Waals surface area contributed by atoms with Crippen molar-refractivity contribution in [2.45, 2.75) is 19.9 Å². The Hall–Kier alpha value is -2.68. The van der Waals surface area contributed by atoms with Gasteiger partial charge in [-0.15, -0.1) is 10.2 Å². The Morgan fingerprint density at radius 1 is 1.20 bits per heavy atom. The number of hydrogen-bond donors (Lipinski definition) is 0. The van der Waals surface area contributed by atoms with Gasteiger partial charge in [-0.05, 0) is 19.1 Å². The van der Waals surface area contributed by atoms with E-state index in [2.05, 4.69) is 21.3 Å². The predicted octanol–water partition coefficient (Wildman–Crippen LogP) is 1.59. The van der Waals surface area contributed by atoms with Gasteiger partial charge in [-0.3, -0.25) is 0 Å². The average molecular weight is 266 g/mol. The number of fused-ring (bicyclic) bond motifs is 1. The summed E-state index contributed by atoms with van der Waals surface area (Å²) < 4.78 is 3.98. The topological polar surface area (TPSA) is 72.3 Å². The van der Waals surface area contributed by atoms with Crippen molar-refractivity contribution in [3.05, 3.63) is 41.7 Å². The first-order valence-corrected chi connectivity index (χ1v) is 6.36. The normalized spacial score (nSPS) is 10.8. The number of imidazole rings is 1. The number of aryl methyl sites for hydroxylation is 1. The molecule has 6 heteroatoms. The van der Waals surface area contributed by atoms with Crippen LogP contribution in [0.5, 0.6) is 0 Å². The molecule has 0 spiro atoms. The molecule has 2 heterocycles. The summed E-state index contributed by atoms with van der Waals surface area (Å²) in [6.45, 7) is 2.48. The van der Waals surface area contributed by atoms with Crippen LogP contribution in [0.25, 0.3) is 11.0 Å². The predicted molar refractivity (Wildman–Crippen MR) is 73.9 cm³/mol. The van der Waals surface area contributed by atoms with Gasteiger partial charge in [-0.2, -0.15) is 5.26 Å². The van der Waals surface area contributed by atoms with E-state index >= 15 is 0 Å². The fourth-order valence-electron chi connectivity index (χ4n) is 2.24. The van der Waals surface area contributed by atoms with E-state index in [1.54, 1.807) is 0 Å². The highest BCUT2D eigenvalue weighted by molar-refractivity contribution is 5.76. The number of nitrogens with zero attached hydrogens (tertiary/aromatic N) is 6. The van der Waals surface area contributed by atoms with Crippen LogP contribution < -0.4 is 0 Å². The highest BCUT2D eigenvalue weighted by atomic mass is 15.3. The minimum atomic E-state index is 0.283. The summed E-state index contributed by atoms with van der Waals surface area (Å²) in [7, 11) is 1.94. The van der Waals surface area contributed by atoms with Gasteiger partial charge in [0.15, 0.2) is 5.82 Å². The standard InChI is InChI=1S/C14H14N6/c1-10-17-18-14(19(10)2)9-20-12-6-4-3-5-11(12)16-13(20)7-8-15/h3-6H,7,9H2,1-2H3. The van der Waals surface area contributed by atoms with E-state index in [0.29, 0.717) is 6.54 Å².